The summed E-state index contributed by atoms with van der Waals surface area (Å²) < 4.78 is 15.3. The molecular weight excluding hydrogens is 299 g/mol. The van der Waals surface area contributed by atoms with Gasteiger partial charge in [-0.25, -0.2) is 4.39 Å². The molecule has 0 aliphatic rings. The molecule has 0 N–H and O–H groups in total. The maximum absolute atomic E-state index is 13.2. The zero-order chi connectivity index (χ0) is 17.3. The highest BCUT2D eigenvalue weighted by Crippen LogP contribution is 2.23. The van der Waals surface area contributed by atoms with Crippen LogP contribution >= 0.6 is 0 Å². The Bertz CT molecular complexity index is 902. The molecule has 0 saturated carbocycles. The molecule has 0 aliphatic carbocycles. The number of hydrogen-bond acceptors (Lipinski definition) is 1. The van der Waals surface area contributed by atoms with E-state index in [1.807, 2.05) is 13.1 Å². The fraction of sp³-hybridized carbons (Fsp3) is 0.190. The number of aliphatic imine (C=N–C) groups is 1. The summed E-state index contributed by atoms with van der Waals surface area (Å²) in [6, 6.07) is 14.9. The average molecular weight is 320 g/mol. The summed E-state index contributed by atoms with van der Waals surface area (Å²) in [7, 11) is 0. The Morgan fingerprint density at radius 2 is 1.62 bits per heavy atom. The Labute approximate surface area is 142 Å². The highest BCUT2D eigenvalue weighted by Gasteiger charge is 2.09. The van der Waals surface area contributed by atoms with Gasteiger partial charge in [-0.2, -0.15) is 0 Å². The Balaban J connectivity index is 1.98. The third-order valence-corrected chi connectivity index (χ3v) is 4.26. The second-order valence-corrected chi connectivity index (χ2v) is 6.19. The molecule has 3 aromatic rings. The molecule has 122 valence electrons. The van der Waals surface area contributed by atoms with Crippen molar-refractivity contribution in [3.63, 3.8) is 0 Å². The van der Waals surface area contributed by atoms with Gasteiger partial charge in [0.25, 0.3) is 0 Å². The van der Waals surface area contributed by atoms with E-state index >= 15 is 0 Å². The minimum atomic E-state index is -0.224. The van der Waals surface area contributed by atoms with Crippen molar-refractivity contribution in [2.75, 3.05) is 0 Å². The van der Waals surface area contributed by atoms with Crippen molar-refractivity contribution < 1.29 is 4.39 Å². The SMILES string of the molecule is Cc1ccc(C)c(N=Cc2cc(C)n(-c3ccc(F)cc3)c2C)c1. The van der Waals surface area contributed by atoms with Crippen molar-refractivity contribution >= 4 is 11.9 Å². The summed E-state index contributed by atoms with van der Waals surface area (Å²) in [5.41, 5.74) is 7.56. The predicted molar refractivity (Wildman–Crippen MR) is 98.4 cm³/mol. The van der Waals surface area contributed by atoms with E-state index < -0.39 is 0 Å². The van der Waals surface area contributed by atoms with Crippen molar-refractivity contribution in [3.05, 3.63) is 82.4 Å². The first-order valence-corrected chi connectivity index (χ1v) is 8.02. The molecule has 3 rings (SSSR count). The van der Waals surface area contributed by atoms with Crippen molar-refractivity contribution in [3.8, 4) is 5.69 Å². The number of aryl methyl sites for hydroxylation is 3. The highest BCUT2D eigenvalue weighted by molar-refractivity contribution is 5.84. The van der Waals surface area contributed by atoms with Crippen molar-refractivity contribution in [1.82, 2.24) is 4.57 Å². The van der Waals surface area contributed by atoms with Crippen LogP contribution in [0.5, 0.6) is 0 Å². The molecule has 0 atom stereocenters. The van der Waals surface area contributed by atoms with Gasteiger partial charge < -0.3 is 4.57 Å². The Morgan fingerprint density at radius 1 is 0.917 bits per heavy atom. The molecule has 3 heteroatoms. The van der Waals surface area contributed by atoms with Gasteiger partial charge >= 0.3 is 0 Å². The van der Waals surface area contributed by atoms with E-state index in [4.69, 9.17) is 0 Å². The van der Waals surface area contributed by atoms with Crippen LogP contribution in [-0.2, 0) is 0 Å². The van der Waals surface area contributed by atoms with Crippen LogP contribution in [0.4, 0.5) is 10.1 Å². The van der Waals surface area contributed by atoms with E-state index in [2.05, 4.69) is 54.6 Å². The van der Waals surface area contributed by atoms with Crippen molar-refractivity contribution in [1.29, 1.82) is 0 Å². The second-order valence-electron chi connectivity index (χ2n) is 6.19. The summed E-state index contributed by atoms with van der Waals surface area (Å²) in [4.78, 5) is 4.66. The van der Waals surface area contributed by atoms with E-state index in [1.54, 1.807) is 12.1 Å². The Hall–Kier alpha value is -2.68. The third kappa shape index (κ3) is 3.16. The zero-order valence-electron chi connectivity index (χ0n) is 14.5. The first-order valence-electron chi connectivity index (χ1n) is 8.02. The van der Waals surface area contributed by atoms with Gasteiger partial charge in [-0.15, -0.1) is 0 Å². The number of aromatic nitrogens is 1. The van der Waals surface area contributed by atoms with E-state index in [0.29, 0.717) is 0 Å². The molecule has 1 heterocycles. The summed E-state index contributed by atoms with van der Waals surface area (Å²) in [5, 5.41) is 0. The standard InChI is InChI=1S/C21H21FN2/c1-14-5-6-15(2)21(11-14)23-13-18-12-16(3)24(17(18)4)20-9-7-19(22)8-10-20/h5-13H,1-4H3. The number of halogens is 1. The predicted octanol–water partition coefficient (Wildman–Crippen LogP) is 5.60. The summed E-state index contributed by atoms with van der Waals surface area (Å²) >= 11 is 0. The third-order valence-electron chi connectivity index (χ3n) is 4.26. The van der Waals surface area contributed by atoms with E-state index in [9.17, 15) is 4.39 Å². The first kappa shape index (κ1) is 16.2. The van der Waals surface area contributed by atoms with Crippen LogP contribution in [0.1, 0.15) is 28.1 Å². The van der Waals surface area contributed by atoms with Gasteiger partial charge in [0.2, 0.25) is 0 Å². The van der Waals surface area contributed by atoms with Gasteiger partial charge in [-0.1, -0.05) is 12.1 Å². The topological polar surface area (TPSA) is 17.3 Å². The average Bonchev–Trinajstić information content (AvgIpc) is 2.83. The lowest BCUT2D eigenvalue weighted by molar-refractivity contribution is 0.627. The molecule has 0 amide bonds. The molecule has 2 nitrogen and oxygen atoms in total. The number of hydrogen-bond donors (Lipinski definition) is 0. The van der Waals surface area contributed by atoms with Crippen LogP contribution in [0, 0.1) is 33.5 Å². The van der Waals surface area contributed by atoms with Crippen LogP contribution in [0.3, 0.4) is 0 Å². The summed E-state index contributed by atoms with van der Waals surface area (Å²) in [6.45, 7) is 8.24. The lowest BCUT2D eigenvalue weighted by Crippen LogP contribution is -1.99. The molecule has 0 spiro atoms. The van der Waals surface area contributed by atoms with Crippen LogP contribution in [0.15, 0.2) is 53.5 Å². The monoisotopic (exact) mass is 320 g/mol. The maximum Gasteiger partial charge on any atom is 0.123 e. The minimum absolute atomic E-state index is 0.224. The Kier molecular flexibility index (Phi) is 4.34. The fourth-order valence-corrected chi connectivity index (χ4v) is 2.90. The molecule has 0 unspecified atom stereocenters. The largest absolute Gasteiger partial charge is 0.318 e. The van der Waals surface area contributed by atoms with Crippen molar-refractivity contribution in [2.24, 2.45) is 4.99 Å². The summed E-state index contributed by atoms with van der Waals surface area (Å²) in [5.74, 6) is -0.224. The van der Waals surface area contributed by atoms with Gasteiger partial charge in [0, 0.05) is 28.9 Å². The number of rotatable bonds is 3. The quantitative estimate of drug-likeness (QED) is 0.559. The number of nitrogens with zero attached hydrogens (tertiary/aromatic N) is 2. The number of benzene rings is 2. The smallest absolute Gasteiger partial charge is 0.123 e. The van der Waals surface area contributed by atoms with E-state index in [1.165, 1.54) is 17.7 Å². The van der Waals surface area contributed by atoms with Gasteiger partial charge in [-0.3, -0.25) is 4.99 Å². The molecule has 0 bridgehead atoms. The molecule has 24 heavy (non-hydrogen) atoms. The zero-order valence-corrected chi connectivity index (χ0v) is 14.5. The highest BCUT2D eigenvalue weighted by atomic mass is 19.1. The normalized spacial score (nSPS) is 11.4. The molecular formula is C21H21FN2. The minimum Gasteiger partial charge on any atom is -0.318 e. The van der Waals surface area contributed by atoms with Gasteiger partial charge in [0.1, 0.15) is 5.82 Å². The van der Waals surface area contributed by atoms with Crippen LogP contribution in [0.2, 0.25) is 0 Å². The van der Waals surface area contributed by atoms with Crippen LogP contribution in [0.25, 0.3) is 5.69 Å². The molecule has 0 aliphatic heterocycles. The summed E-state index contributed by atoms with van der Waals surface area (Å²) in [6.07, 6.45) is 1.91. The van der Waals surface area contributed by atoms with Crippen molar-refractivity contribution in [2.45, 2.75) is 27.7 Å². The lowest BCUT2D eigenvalue weighted by atomic mass is 10.1. The molecule has 0 saturated heterocycles. The molecule has 0 fully saturated rings. The van der Waals surface area contributed by atoms with Crippen LogP contribution in [-0.4, -0.2) is 10.8 Å². The Morgan fingerprint density at radius 3 is 2.33 bits per heavy atom. The van der Waals surface area contributed by atoms with E-state index in [0.717, 1.165) is 33.9 Å². The first-order chi connectivity index (χ1) is 11.5. The lowest BCUT2D eigenvalue weighted by Gasteiger charge is -2.09. The van der Waals surface area contributed by atoms with E-state index in [-0.39, 0.29) is 5.82 Å². The maximum atomic E-state index is 13.2. The molecule has 2 aromatic carbocycles. The van der Waals surface area contributed by atoms with Crippen LogP contribution < -0.4 is 0 Å². The van der Waals surface area contributed by atoms with Gasteiger partial charge in [-0.05, 0) is 75.2 Å². The van der Waals surface area contributed by atoms with Gasteiger partial charge in [0.05, 0.1) is 5.69 Å². The second kappa shape index (κ2) is 6.44. The molecule has 1 aromatic heterocycles. The fourth-order valence-electron chi connectivity index (χ4n) is 2.90. The van der Waals surface area contributed by atoms with Gasteiger partial charge in [0.15, 0.2) is 0 Å². The molecule has 0 radical (unpaired) electrons.